The number of phenolic OH excluding ortho intramolecular Hbond substituents is 1. The van der Waals surface area contributed by atoms with Crippen LogP contribution in [0.1, 0.15) is 46.0 Å². The van der Waals surface area contributed by atoms with E-state index < -0.39 is 5.82 Å². The van der Waals surface area contributed by atoms with Gasteiger partial charge in [-0.1, -0.05) is 13.8 Å². The Hall–Kier alpha value is -3.29. The second-order valence-electron chi connectivity index (χ2n) is 10.8. The van der Waals surface area contributed by atoms with Gasteiger partial charge in [0.05, 0.1) is 17.5 Å². The number of nitrogens with zero attached hydrogens (tertiary/aromatic N) is 5. The van der Waals surface area contributed by atoms with E-state index in [0.29, 0.717) is 28.0 Å². The zero-order valence-electron chi connectivity index (χ0n) is 20.0. The van der Waals surface area contributed by atoms with E-state index in [1.807, 2.05) is 6.07 Å². The molecular weight excluding hydrogens is 433 g/mol. The Bertz CT molecular complexity index is 1270. The molecule has 2 saturated carbocycles. The van der Waals surface area contributed by atoms with Gasteiger partial charge in [0.15, 0.2) is 5.82 Å². The van der Waals surface area contributed by atoms with Crippen molar-refractivity contribution < 1.29 is 9.50 Å². The van der Waals surface area contributed by atoms with Crippen molar-refractivity contribution in [2.75, 3.05) is 11.9 Å². The number of anilines is 1. The summed E-state index contributed by atoms with van der Waals surface area (Å²) in [7, 11) is 3.59. The van der Waals surface area contributed by atoms with Crippen LogP contribution >= 0.6 is 0 Å². The Labute approximate surface area is 198 Å². The van der Waals surface area contributed by atoms with Crippen LogP contribution in [0.2, 0.25) is 0 Å². The average Bonchev–Trinajstić information content (AvgIpc) is 3.01. The molecule has 3 atom stereocenters. The lowest BCUT2D eigenvalue weighted by atomic mass is 9.68. The topological polar surface area (TPSA) is 84.1 Å². The van der Waals surface area contributed by atoms with Crippen molar-refractivity contribution >= 4 is 5.82 Å². The third-order valence-corrected chi connectivity index (χ3v) is 7.83. The Morgan fingerprint density at radius 2 is 1.79 bits per heavy atom. The quantitative estimate of drug-likeness (QED) is 0.611. The van der Waals surface area contributed by atoms with Crippen molar-refractivity contribution in [2.45, 2.75) is 52.0 Å². The molecule has 5 rings (SSSR count). The molecule has 34 heavy (non-hydrogen) atoms. The van der Waals surface area contributed by atoms with Crippen molar-refractivity contribution in [1.82, 2.24) is 20.0 Å². The number of hydrogen-bond acceptors (Lipinski definition) is 6. The van der Waals surface area contributed by atoms with Crippen LogP contribution in [0.3, 0.4) is 0 Å². The molecule has 7 nitrogen and oxygen atoms in total. The molecule has 2 fully saturated rings. The van der Waals surface area contributed by atoms with E-state index in [2.05, 4.69) is 41.1 Å². The maximum Gasteiger partial charge on any atom is 0.267 e. The fraction of sp³-hybridized carbons (Fsp3) is 0.462. The highest BCUT2D eigenvalue weighted by atomic mass is 19.1. The molecule has 0 saturated heterocycles. The van der Waals surface area contributed by atoms with E-state index in [1.54, 1.807) is 6.07 Å². The van der Waals surface area contributed by atoms with Crippen LogP contribution in [0.4, 0.5) is 10.2 Å². The standard InChI is InChI=1S/C26H30FN5O2/c1-25-7-8-26(2,15-25)13-18(12-25)31(3)22-6-5-20(29-30-22)24-19(27)9-16(10-21(24)33)17-11-23(34)32(4)28-14-17/h5-6,9-11,14,18,33H,7-8,12-13,15H2,1-4H3/t18?,25-,26+. The van der Waals surface area contributed by atoms with Crippen LogP contribution in [0.15, 0.2) is 41.3 Å². The zero-order chi connectivity index (χ0) is 24.3. The van der Waals surface area contributed by atoms with Gasteiger partial charge in [-0.2, -0.15) is 5.10 Å². The van der Waals surface area contributed by atoms with Gasteiger partial charge in [-0.25, -0.2) is 9.07 Å². The smallest absolute Gasteiger partial charge is 0.267 e. The molecule has 0 amide bonds. The third-order valence-electron chi connectivity index (χ3n) is 7.83. The van der Waals surface area contributed by atoms with Crippen LogP contribution < -0.4 is 10.5 Å². The second kappa shape index (κ2) is 7.89. The third kappa shape index (κ3) is 3.95. The predicted molar refractivity (Wildman–Crippen MR) is 129 cm³/mol. The zero-order valence-corrected chi connectivity index (χ0v) is 20.0. The van der Waals surface area contributed by atoms with Gasteiger partial charge in [0, 0.05) is 31.8 Å². The number of fused-ring (bicyclic) bond motifs is 2. The van der Waals surface area contributed by atoms with Gasteiger partial charge in [0.2, 0.25) is 0 Å². The first-order valence-corrected chi connectivity index (χ1v) is 11.7. The van der Waals surface area contributed by atoms with Crippen LogP contribution in [0.25, 0.3) is 22.4 Å². The first kappa shape index (κ1) is 22.5. The van der Waals surface area contributed by atoms with E-state index in [1.165, 1.54) is 55.4 Å². The number of aromatic nitrogens is 4. The summed E-state index contributed by atoms with van der Waals surface area (Å²) >= 11 is 0. The fourth-order valence-electron chi connectivity index (χ4n) is 6.12. The van der Waals surface area contributed by atoms with Crippen molar-refractivity contribution in [1.29, 1.82) is 0 Å². The number of aromatic hydroxyl groups is 1. The number of phenols is 1. The van der Waals surface area contributed by atoms with Crippen LogP contribution in [-0.4, -0.2) is 38.2 Å². The molecule has 2 aliphatic rings. The van der Waals surface area contributed by atoms with Crippen molar-refractivity contribution in [3.63, 3.8) is 0 Å². The Kier molecular flexibility index (Phi) is 5.22. The highest BCUT2D eigenvalue weighted by Gasteiger charge is 2.50. The fourth-order valence-corrected chi connectivity index (χ4v) is 6.12. The van der Waals surface area contributed by atoms with E-state index in [-0.39, 0.29) is 22.6 Å². The number of hydrogen-bond donors (Lipinski definition) is 1. The Morgan fingerprint density at radius 3 is 2.38 bits per heavy atom. The molecule has 0 radical (unpaired) electrons. The van der Waals surface area contributed by atoms with Gasteiger partial charge in [-0.05, 0) is 72.8 Å². The van der Waals surface area contributed by atoms with Crippen molar-refractivity contribution in [2.24, 2.45) is 17.9 Å². The van der Waals surface area contributed by atoms with Crippen molar-refractivity contribution in [3.8, 4) is 28.1 Å². The summed E-state index contributed by atoms with van der Waals surface area (Å²) in [6.07, 6.45) is 7.57. The molecule has 8 heteroatoms. The summed E-state index contributed by atoms with van der Waals surface area (Å²) < 4.78 is 16.2. The minimum Gasteiger partial charge on any atom is -0.507 e. The molecular formula is C26H30FN5O2. The maximum absolute atomic E-state index is 15.0. The lowest BCUT2D eigenvalue weighted by Gasteiger charge is -2.44. The van der Waals surface area contributed by atoms with Crippen molar-refractivity contribution in [3.05, 3.63) is 52.7 Å². The first-order chi connectivity index (χ1) is 16.1. The molecule has 2 heterocycles. The van der Waals surface area contributed by atoms with Gasteiger partial charge in [-0.15, -0.1) is 10.2 Å². The molecule has 1 aromatic carbocycles. The van der Waals surface area contributed by atoms with Crippen LogP contribution in [-0.2, 0) is 7.05 Å². The van der Waals surface area contributed by atoms with Gasteiger partial charge < -0.3 is 10.0 Å². The number of halogens is 1. The molecule has 178 valence electrons. The molecule has 2 aromatic heterocycles. The molecule has 0 spiro atoms. The summed E-state index contributed by atoms with van der Waals surface area (Å²) in [6.45, 7) is 4.79. The minimum absolute atomic E-state index is 0.0158. The largest absolute Gasteiger partial charge is 0.507 e. The highest BCUT2D eigenvalue weighted by molar-refractivity contribution is 5.74. The normalized spacial score (nSPS) is 26.0. The lowest BCUT2D eigenvalue weighted by Crippen LogP contribution is -2.42. The molecule has 2 bridgehead atoms. The number of rotatable bonds is 4. The van der Waals surface area contributed by atoms with Crippen LogP contribution in [0.5, 0.6) is 5.75 Å². The maximum atomic E-state index is 15.0. The summed E-state index contributed by atoms with van der Waals surface area (Å²) in [5.41, 5.74) is 1.48. The summed E-state index contributed by atoms with van der Waals surface area (Å²) in [5, 5.41) is 23.2. The number of benzene rings is 1. The van der Waals surface area contributed by atoms with E-state index in [4.69, 9.17) is 0 Å². The Morgan fingerprint density at radius 1 is 1.09 bits per heavy atom. The van der Waals surface area contributed by atoms with Gasteiger partial charge in [0.1, 0.15) is 11.6 Å². The number of aryl methyl sites for hydroxylation is 1. The first-order valence-electron chi connectivity index (χ1n) is 11.7. The molecule has 0 aliphatic heterocycles. The van der Waals surface area contributed by atoms with Gasteiger partial charge in [-0.3, -0.25) is 4.79 Å². The van der Waals surface area contributed by atoms with E-state index in [0.717, 1.165) is 18.7 Å². The highest BCUT2D eigenvalue weighted by Crippen LogP contribution is 2.58. The van der Waals surface area contributed by atoms with Gasteiger partial charge in [0.25, 0.3) is 5.56 Å². The SMILES string of the molecule is CN(c1ccc(-c2c(O)cc(-c3cnn(C)c(=O)c3)cc2F)nn1)C1C[C@]2(C)CC[C@](C)(C1)C2. The van der Waals surface area contributed by atoms with E-state index in [9.17, 15) is 9.90 Å². The second-order valence-corrected chi connectivity index (χ2v) is 10.8. The summed E-state index contributed by atoms with van der Waals surface area (Å²) in [4.78, 5) is 14.1. The monoisotopic (exact) mass is 463 g/mol. The summed E-state index contributed by atoms with van der Waals surface area (Å²) in [6, 6.07) is 7.95. The van der Waals surface area contributed by atoms with E-state index >= 15 is 4.39 Å². The summed E-state index contributed by atoms with van der Waals surface area (Å²) in [5.74, 6) is -0.170. The Balaban J connectivity index is 1.40. The lowest BCUT2D eigenvalue weighted by molar-refractivity contribution is 0.148. The molecule has 1 unspecified atom stereocenters. The molecule has 1 N–H and O–H groups in total. The molecule has 3 aromatic rings. The van der Waals surface area contributed by atoms with Gasteiger partial charge >= 0.3 is 0 Å². The predicted octanol–water partition coefficient (Wildman–Crippen LogP) is 4.54. The molecule has 2 aliphatic carbocycles. The average molecular weight is 464 g/mol. The van der Waals surface area contributed by atoms with Crippen LogP contribution in [0, 0.1) is 16.6 Å². The minimum atomic E-state index is -0.643.